The van der Waals surface area contributed by atoms with Crippen molar-refractivity contribution in [2.75, 3.05) is 24.5 Å². The molecule has 1 unspecified atom stereocenters. The molecule has 1 amide bonds. The summed E-state index contributed by atoms with van der Waals surface area (Å²) in [5.74, 6) is 0.171. The van der Waals surface area contributed by atoms with Crippen molar-refractivity contribution < 1.29 is 9.18 Å². The Kier molecular flexibility index (Phi) is 4.30. The molecule has 122 valence electrons. The average molecular weight is 334 g/mol. The van der Waals surface area contributed by atoms with E-state index in [9.17, 15) is 9.18 Å². The Morgan fingerprint density at radius 1 is 1.30 bits per heavy atom. The number of aromatic nitrogens is 2. The lowest BCUT2D eigenvalue weighted by atomic mass is 10.1. The fourth-order valence-corrected chi connectivity index (χ4v) is 3.80. The van der Waals surface area contributed by atoms with E-state index in [1.807, 2.05) is 30.6 Å². The van der Waals surface area contributed by atoms with Gasteiger partial charge in [-0.1, -0.05) is 6.07 Å². The first-order valence-corrected chi connectivity index (χ1v) is 8.40. The molecule has 3 rings (SSSR count). The summed E-state index contributed by atoms with van der Waals surface area (Å²) in [5, 5.41) is 0.904. The molecule has 0 spiro atoms. The van der Waals surface area contributed by atoms with Crippen molar-refractivity contribution in [1.29, 1.82) is 0 Å². The minimum absolute atomic E-state index is 0.0341. The highest BCUT2D eigenvalue weighted by atomic mass is 32.1. The summed E-state index contributed by atoms with van der Waals surface area (Å²) in [6.45, 7) is 7.62. The highest BCUT2D eigenvalue weighted by molar-refractivity contribution is 7.13. The predicted octanol–water partition coefficient (Wildman–Crippen LogP) is 2.64. The summed E-state index contributed by atoms with van der Waals surface area (Å²) in [7, 11) is 0. The van der Waals surface area contributed by atoms with Crippen LogP contribution in [0.4, 0.5) is 10.2 Å². The monoisotopic (exact) mass is 334 g/mol. The van der Waals surface area contributed by atoms with Gasteiger partial charge in [0.2, 0.25) is 5.95 Å². The maximum absolute atomic E-state index is 13.3. The maximum Gasteiger partial charge on any atom is 0.265 e. The number of hydrogen-bond donors (Lipinski definition) is 0. The number of halogens is 1. The standard InChI is InChI=1S/C16H19FN4OS/c1-10-9-20(16(22)15-11(2)18-12(3)23-15)7-8-21(10)14-6-4-5-13(17)19-14/h4-6,10H,7-9H2,1-3H3. The Morgan fingerprint density at radius 3 is 2.70 bits per heavy atom. The molecule has 1 aliphatic heterocycles. The van der Waals surface area contributed by atoms with Crippen molar-refractivity contribution in [2.45, 2.75) is 26.8 Å². The predicted molar refractivity (Wildman–Crippen MR) is 88.5 cm³/mol. The van der Waals surface area contributed by atoms with Crippen molar-refractivity contribution in [3.8, 4) is 0 Å². The van der Waals surface area contributed by atoms with E-state index in [0.717, 1.165) is 10.7 Å². The van der Waals surface area contributed by atoms with Gasteiger partial charge < -0.3 is 9.80 Å². The number of rotatable bonds is 2. The maximum atomic E-state index is 13.3. The molecule has 1 atom stereocenters. The molecule has 2 aromatic heterocycles. The first-order chi connectivity index (χ1) is 11.0. The highest BCUT2D eigenvalue weighted by Gasteiger charge is 2.29. The van der Waals surface area contributed by atoms with Gasteiger partial charge in [0.15, 0.2) is 0 Å². The average Bonchev–Trinajstić information content (AvgIpc) is 2.85. The van der Waals surface area contributed by atoms with Crippen molar-refractivity contribution in [3.05, 3.63) is 39.7 Å². The Hall–Kier alpha value is -2.02. The lowest BCUT2D eigenvalue weighted by Crippen LogP contribution is -2.54. The summed E-state index contributed by atoms with van der Waals surface area (Å²) >= 11 is 1.44. The van der Waals surface area contributed by atoms with Gasteiger partial charge in [-0.05, 0) is 32.9 Å². The Bertz CT molecular complexity index is 733. The fourth-order valence-electron chi connectivity index (χ4n) is 2.91. The minimum Gasteiger partial charge on any atom is -0.350 e. The second kappa shape index (κ2) is 6.23. The third-order valence-electron chi connectivity index (χ3n) is 4.01. The summed E-state index contributed by atoms with van der Waals surface area (Å²) in [4.78, 5) is 25.5. The van der Waals surface area contributed by atoms with E-state index in [2.05, 4.69) is 9.97 Å². The van der Waals surface area contributed by atoms with E-state index in [1.165, 1.54) is 17.4 Å². The summed E-state index contributed by atoms with van der Waals surface area (Å²) in [6.07, 6.45) is 0. The number of nitrogens with zero attached hydrogens (tertiary/aromatic N) is 4. The molecule has 7 heteroatoms. The molecule has 0 aromatic carbocycles. The molecular weight excluding hydrogens is 315 g/mol. The normalized spacial score (nSPS) is 18.3. The highest BCUT2D eigenvalue weighted by Crippen LogP contribution is 2.23. The van der Waals surface area contributed by atoms with E-state index < -0.39 is 5.95 Å². The second-order valence-corrected chi connectivity index (χ2v) is 6.96. The second-order valence-electron chi connectivity index (χ2n) is 5.76. The van der Waals surface area contributed by atoms with Gasteiger partial charge in [0, 0.05) is 25.7 Å². The smallest absolute Gasteiger partial charge is 0.265 e. The van der Waals surface area contributed by atoms with Crippen LogP contribution in [0.15, 0.2) is 18.2 Å². The third-order valence-corrected chi connectivity index (χ3v) is 5.07. The van der Waals surface area contributed by atoms with Gasteiger partial charge in [-0.25, -0.2) is 9.97 Å². The number of anilines is 1. The van der Waals surface area contributed by atoms with Gasteiger partial charge in [0.25, 0.3) is 5.91 Å². The Morgan fingerprint density at radius 2 is 2.09 bits per heavy atom. The molecule has 1 fully saturated rings. The molecule has 0 saturated carbocycles. The number of pyridine rings is 1. The molecule has 1 saturated heterocycles. The number of piperazine rings is 1. The van der Waals surface area contributed by atoms with Gasteiger partial charge in [-0.15, -0.1) is 11.3 Å². The van der Waals surface area contributed by atoms with Crippen LogP contribution in [0.1, 0.15) is 27.3 Å². The van der Waals surface area contributed by atoms with Gasteiger partial charge >= 0.3 is 0 Å². The molecule has 0 bridgehead atoms. The number of thiazole rings is 1. The van der Waals surface area contributed by atoms with Gasteiger partial charge in [0.1, 0.15) is 10.7 Å². The fraction of sp³-hybridized carbons (Fsp3) is 0.438. The molecular formula is C16H19FN4OS. The van der Waals surface area contributed by atoms with E-state index in [1.54, 1.807) is 12.1 Å². The van der Waals surface area contributed by atoms with Crippen LogP contribution in [0.5, 0.6) is 0 Å². The zero-order valence-corrected chi connectivity index (χ0v) is 14.2. The minimum atomic E-state index is -0.482. The SMILES string of the molecule is Cc1nc(C)c(C(=O)N2CCN(c3cccc(F)n3)C(C)C2)s1. The molecule has 2 aromatic rings. The molecule has 23 heavy (non-hydrogen) atoms. The van der Waals surface area contributed by atoms with Crippen LogP contribution in [0, 0.1) is 19.8 Å². The van der Waals surface area contributed by atoms with Crippen LogP contribution in [0.3, 0.4) is 0 Å². The quantitative estimate of drug-likeness (QED) is 0.792. The van der Waals surface area contributed by atoms with Gasteiger partial charge in [-0.3, -0.25) is 4.79 Å². The molecule has 0 radical (unpaired) electrons. The molecule has 3 heterocycles. The van der Waals surface area contributed by atoms with Gasteiger partial charge in [0.05, 0.1) is 10.7 Å². The molecule has 5 nitrogen and oxygen atoms in total. The van der Waals surface area contributed by atoms with Crippen LogP contribution in [0.2, 0.25) is 0 Å². The van der Waals surface area contributed by atoms with Crippen molar-refractivity contribution >= 4 is 23.1 Å². The Balaban J connectivity index is 1.73. The van der Waals surface area contributed by atoms with Gasteiger partial charge in [-0.2, -0.15) is 4.39 Å². The number of amides is 1. The zero-order chi connectivity index (χ0) is 16.6. The lowest BCUT2D eigenvalue weighted by molar-refractivity contribution is 0.0730. The lowest BCUT2D eigenvalue weighted by Gasteiger charge is -2.40. The summed E-state index contributed by atoms with van der Waals surface area (Å²) < 4.78 is 13.3. The van der Waals surface area contributed by atoms with Crippen molar-refractivity contribution in [3.63, 3.8) is 0 Å². The van der Waals surface area contributed by atoms with Crippen LogP contribution in [-0.2, 0) is 0 Å². The van der Waals surface area contributed by atoms with Crippen LogP contribution < -0.4 is 4.90 Å². The number of carbonyl (C=O) groups excluding carboxylic acids is 1. The third kappa shape index (κ3) is 3.19. The van der Waals surface area contributed by atoms with Crippen molar-refractivity contribution in [2.24, 2.45) is 0 Å². The topological polar surface area (TPSA) is 49.3 Å². The van der Waals surface area contributed by atoms with Crippen LogP contribution in [-0.4, -0.2) is 46.5 Å². The number of aryl methyl sites for hydroxylation is 2. The van der Waals surface area contributed by atoms with E-state index >= 15 is 0 Å². The molecule has 1 aliphatic rings. The largest absolute Gasteiger partial charge is 0.350 e. The zero-order valence-electron chi connectivity index (χ0n) is 13.4. The van der Waals surface area contributed by atoms with Crippen LogP contribution >= 0.6 is 11.3 Å². The number of hydrogen-bond acceptors (Lipinski definition) is 5. The Labute approximate surface area is 138 Å². The first-order valence-electron chi connectivity index (χ1n) is 7.58. The van der Waals surface area contributed by atoms with Crippen LogP contribution in [0.25, 0.3) is 0 Å². The first kappa shape index (κ1) is 15.9. The van der Waals surface area contributed by atoms with E-state index in [-0.39, 0.29) is 11.9 Å². The van der Waals surface area contributed by atoms with Crippen molar-refractivity contribution in [1.82, 2.24) is 14.9 Å². The summed E-state index contributed by atoms with van der Waals surface area (Å²) in [6, 6.07) is 4.87. The summed E-state index contributed by atoms with van der Waals surface area (Å²) in [5.41, 5.74) is 0.791. The molecule has 0 aliphatic carbocycles. The number of carbonyl (C=O) groups is 1. The molecule has 0 N–H and O–H groups in total. The van der Waals surface area contributed by atoms with E-state index in [4.69, 9.17) is 0 Å². The van der Waals surface area contributed by atoms with E-state index in [0.29, 0.717) is 30.3 Å².